The van der Waals surface area contributed by atoms with Crippen LogP contribution in [0.4, 0.5) is 41.6 Å². The number of halogens is 3. The predicted molar refractivity (Wildman–Crippen MR) is 85.9 cm³/mol. The van der Waals surface area contributed by atoms with E-state index in [0.29, 0.717) is 18.2 Å². The van der Waals surface area contributed by atoms with Crippen molar-refractivity contribution in [3.8, 4) is 0 Å². The zero-order valence-electron chi connectivity index (χ0n) is 13.3. The van der Waals surface area contributed by atoms with Crippen LogP contribution in [-0.2, 0) is 6.18 Å². The molecule has 0 heterocycles. The second-order valence-corrected chi connectivity index (χ2v) is 5.28. The fourth-order valence-electron chi connectivity index (χ4n) is 2.23. The van der Waals surface area contributed by atoms with Crippen LogP contribution in [0.3, 0.4) is 0 Å². The summed E-state index contributed by atoms with van der Waals surface area (Å²) in [6.45, 7) is 1.26. The summed E-state index contributed by atoms with van der Waals surface area (Å²) in [4.78, 5) is 30.1. The summed E-state index contributed by atoms with van der Waals surface area (Å²) in [5, 5.41) is 35.6. The molecule has 2 aromatic carbocycles. The van der Waals surface area contributed by atoms with Gasteiger partial charge < -0.3 is 5.32 Å². The average Bonchev–Trinajstić information content (AvgIpc) is 2.54. The molecule has 1 N–H and O–H groups in total. The Balaban J connectivity index is 2.63. The van der Waals surface area contributed by atoms with E-state index in [-0.39, 0.29) is 11.3 Å². The number of nitrogens with one attached hydrogen (secondary N) is 1. The van der Waals surface area contributed by atoms with E-state index < -0.39 is 49.3 Å². The van der Waals surface area contributed by atoms with Crippen molar-refractivity contribution in [3.63, 3.8) is 0 Å². The molecule has 0 aromatic heterocycles. The van der Waals surface area contributed by atoms with Gasteiger partial charge in [0.25, 0.3) is 5.69 Å². The third-order valence-corrected chi connectivity index (χ3v) is 3.50. The summed E-state index contributed by atoms with van der Waals surface area (Å²) < 4.78 is 38.2. The normalized spacial score (nSPS) is 11.1. The number of alkyl halides is 3. The van der Waals surface area contributed by atoms with Gasteiger partial charge in [0.05, 0.1) is 32.5 Å². The van der Waals surface area contributed by atoms with Gasteiger partial charge in [0, 0.05) is 5.69 Å². The van der Waals surface area contributed by atoms with Crippen molar-refractivity contribution in [2.45, 2.75) is 13.1 Å². The molecule has 0 bridgehead atoms. The minimum Gasteiger partial charge on any atom is -0.344 e. The maximum atomic E-state index is 12.7. The molecule has 0 unspecified atom stereocenters. The Labute approximate surface area is 147 Å². The number of nitro groups is 3. The molecule has 0 atom stereocenters. The van der Waals surface area contributed by atoms with Crippen LogP contribution in [0.5, 0.6) is 0 Å². The van der Waals surface area contributed by atoms with Gasteiger partial charge in [-0.25, -0.2) is 0 Å². The smallest absolute Gasteiger partial charge is 0.344 e. The van der Waals surface area contributed by atoms with Gasteiger partial charge in [0.15, 0.2) is 5.69 Å². The second kappa shape index (κ2) is 6.86. The largest absolute Gasteiger partial charge is 0.416 e. The van der Waals surface area contributed by atoms with E-state index in [1.807, 2.05) is 0 Å². The molecule has 0 radical (unpaired) electrons. The number of anilines is 2. The molecule has 0 saturated heterocycles. The summed E-state index contributed by atoms with van der Waals surface area (Å²) in [5.41, 5.74) is -4.51. The first-order valence-corrected chi connectivity index (χ1v) is 6.98. The van der Waals surface area contributed by atoms with E-state index in [1.54, 1.807) is 0 Å². The SMILES string of the molecule is Cc1cc(C(F)(F)F)ccc1Nc1c([N+](=O)[O-])cc([N+](=O)[O-])cc1[N+](=O)[O-]. The zero-order chi connectivity index (χ0) is 20.5. The van der Waals surface area contributed by atoms with Gasteiger partial charge in [-0.05, 0) is 30.7 Å². The van der Waals surface area contributed by atoms with Gasteiger partial charge in [0.2, 0.25) is 0 Å². The molecule has 0 aliphatic heterocycles. The maximum Gasteiger partial charge on any atom is 0.416 e. The minimum absolute atomic E-state index is 0.00627. The number of benzene rings is 2. The fourth-order valence-corrected chi connectivity index (χ4v) is 2.23. The van der Waals surface area contributed by atoms with E-state index in [4.69, 9.17) is 0 Å². The highest BCUT2D eigenvalue weighted by atomic mass is 19.4. The van der Waals surface area contributed by atoms with E-state index in [0.717, 1.165) is 12.1 Å². The number of aryl methyl sites for hydroxylation is 1. The third-order valence-electron chi connectivity index (χ3n) is 3.50. The Morgan fingerprint density at radius 1 is 0.889 bits per heavy atom. The summed E-state index contributed by atoms with van der Waals surface area (Å²) in [5.74, 6) is 0. The molecule has 0 aliphatic rings. The van der Waals surface area contributed by atoms with E-state index in [2.05, 4.69) is 5.32 Å². The summed E-state index contributed by atoms with van der Waals surface area (Å²) in [6.07, 6.45) is -4.62. The maximum absolute atomic E-state index is 12.7. The molecule has 2 aromatic rings. The molecular formula is C14H9F3N4O6. The molecule has 0 saturated carbocycles. The van der Waals surface area contributed by atoms with Gasteiger partial charge in [-0.3, -0.25) is 30.3 Å². The highest BCUT2D eigenvalue weighted by Crippen LogP contribution is 2.41. The van der Waals surface area contributed by atoms with Gasteiger partial charge in [-0.15, -0.1) is 0 Å². The molecular weight excluding hydrogens is 377 g/mol. The lowest BCUT2D eigenvalue weighted by molar-refractivity contribution is -0.401. The summed E-state index contributed by atoms with van der Waals surface area (Å²) in [7, 11) is 0. The van der Waals surface area contributed by atoms with Gasteiger partial charge in [-0.1, -0.05) is 0 Å². The highest BCUT2D eigenvalue weighted by Gasteiger charge is 2.33. The molecule has 0 amide bonds. The first-order valence-electron chi connectivity index (χ1n) is 6.98. The van der Waals surface area contributed by atoms with E-state index in [9.17, 15) is 43.5 Å². The molecule has 0 aliphatic carbocycles. The van der Waals surface area contributed by atoms with E-state index in [1.165, 1.54) is 6.92 Å². The van der Waals surface area contributed by atoms with Crippen LogP contribution in [-0.4, -0.2) is 14.8 Å². The van der Waals surface area contributed by atoms with Crippen molar-refractivity contribution in [1.29, 1.82) is 0 Å². The number of nitro benzene ring substituents is 3. The van der Waals surface area contributed by atoms with Crippen molar-refractivity contribution < 1.29 is 27.9 Å². The van der Waals surface area contributed by atoms with Crippen LogP contribution in [0, 0.1) is 37.3 Å². The quantitative estimate of drug-likeness (QED) is 0.589. The lowest BCUT2D eigenvalue weighted by atomic mass is 10.1. The topological polar surface area (TPSA) is 141 Å². The predicted octanol–water partition coefficient (Wildman–Crippen LogP) is 4.48. The number of non-ortho nitro benzene ring substituents is 1. The number of rotatable bonds is 5. The molecule has 142 valence electrons. The van der Waals surface area contributed by atoms with Crippen LogP contribution in [0.2, 0.25) is 0 Å². The summed E-state index contributed by atoms with van der Waals surface area (Å²) >= 11 is 0. The molecule has 13 heteroatoms. The van der Waals surface area contributed by atoms with Crippen LogP contribution >= 0.6 is 0 Å². The number of nitrogens with zero attached hydrogens (tertiary/aromatic N) is 3. The first-order chi connectivity index (χ1) is 12.4. The average molecular weight is 386 g/mol. The van der Waals surface area contributed by atoms with Crippen LogP contribution in [0.1, 0.15) is 11.1 Å². The molecule has 27 heavy (non-hydrogen) atoms. The van der Waals surface area contributed by atoms with Crippen molar-refractivity contribution in [2.24, 2.45) is 0 Å². The minimum atomic E-state index is -4.62. The Hall–Kier alpha value is -3.77. The Morgan fingerprint density at radius 2 is 1.41 bits per heavy atom. The zero-order valence-corrected chi connectivity index (χ0v) is 13.3. The van der Waals surface area contributed by atoms with Gasteiger partial charge in [0.1, 0.15) is 0 Å². The standard InChI is InChI=1S/C14H9F3N4O6/c1-7-4-8(14(15,16)17)2-3-10(7)18-13-11(20(24)25)5-9(19(22)23)6-12(13)21(26)27/h2-6,18H,1H3. The van der Waals surface area contributed by atoms with Crippen molar-refractivity contribution in [2.75, 3.05) is 5.32 Å². The Kier molecular flexibility index (Phi) is 4.96. The third kappa shape index (κ3) is 4.08. The molecule has 2 rings (SSSR count). The van der Waals surface area contributed by atoms with Crippen molar-refractivity contribution in [1.82, 2.24) is 0 Å². The lowest BCUT2D eigenvalue weighted by Crippen LogP contribution is -2.07. The number of hydrogen-bond donors (Lipinski definition) is 1. The van der Waals surface area contributed by atoms with Crippen molar-refractivity contribution in [3.05, 3.63) is 71.8 Å². The number of hydrogen-bond acceptors (Lipinski definition) is 7. The monoisotopic (exact) mass is 386 g/mol. The van der Waals surface area contributed by atoms with Gasteiger partial charge in [-0.2, -0.15) is 13.2 Å². The lowest BCUT2D eigenvalue weighted by Gasteiger charge is -2.13. The highest BCUT2D eigenvalue weighted by molar-refractivity contribution is 5.82. The second-order valence-electron chi connectivity index (χ2n) is 5.28. The fraction of sp³-hybridized carbons (Fsp3) is 0.143. The molecule has 0 fully saturated rings. The molecule has 10 nitrogen and oxygen atoms in total. The van der Waals surface area contributed by atoms with Crippen LogP contribution in [0.15, 0.2) is 30.3 Å². The van der Waals surface area contributed by atoms with Crippen molar-refractivity contribution >= 4 is 28.4 Å². The van der Waals surface area contributed by atoms with Gasteiger partial charge >= 0.3 is 17.6 Å². The van der Waals surface area contributed by atoms with E-state index >= 15 is 0 Å². The molecule has 0 spiro atoms. The Morgan fingerprint density at radius 3 is 1.78 bits per heavy atom. The van der Waals surface area contributed by atoms with Crippen LogP contribution < -0.4 is 5.32 Å². The van der Waals surface area contributed by atoms with Crippen LogP contribution in [0.25, 0.3) is 0 Å². The summed E-state index contributed by atoms with van der Waals surface area (Å²) in [6, 6.07) is 3.44. The Bertz CT molecular complexity index is 925. The first kappa shape index (κ1) is 19.6.